The number of thiophene rings is 1. The van der Waals surface area contributed by atoms with E-state index in [2.05, 4.69) is 15.0 Å². The maximum atomic E-state index is 12.5. The van der Waals surface area contributed by atoms with Crippen LogP contribution in [0.5, 0.6) is 0 Å². The zero-order valence-electron chi connectivity index (χ0n) is 14.5. The van der Waals surface area contributed by atoms with Gasteiger partial charge in [-0.1, -0.05) is 30.0 Å². The van der Waals surface area contributed by atoms with Gasteiger partial charge in [-0.15, -0.1) is 11.3 Å². The maximum Gasteiger partial charge on any atom is 0.271 e. The van der Waals surface area contributed by atoms with E-state index in [9.17, 15) is 13.2 Å². The molecule has 0 aliphatic rings. The number of thioether (sulfide) groups is 1. The quantitative estimate of drug-likeness (QED) is 0.430. The molecule has 0 bridgehead atoms. The van der Waals surface area contributed by atoms with Gasteiger partial charge in [0, 0.05) is 31.7 Å². The molecule has 0 unspecified atom stereocenters. The van der Waals surface area contributed by atoms with Crippen molar-refractivity contribution in [1.82, 2.24) is 14.9 Å². The second kappa shape index (κ2) is 8.59. The van der Waals surface area contributed by atoms with Crippen LogP contribution in [0.25, 0.3) is 0 Å². The Balaban J connectivity index is 1.63. The Kier molecular flexibility index (Phi) is 6.19. The van der Waals surface area contributed by atoms with Crippen molar-refractivity contribution >= 4 is 44.7 Å². The third kappa shape index (κ3) is 4.90. The van der Waals surface area contributed by atoms with E-state index in [4.69, 9.17) is 0 Å². The molecule has 3 rings (SSSR count). The molecule has 1 aromatic carbocycles. The molecule has 142 valence electrons. The van der Waals surface area contributed by atoms with E-state index in [1.165, 1.54) is 17.8 Å². The second-order valence-electron chi connectivity index (χ2n) is 5.51. The van der Waals surface area contributed by atoms with E-state index in [1.54, 1.807) is 41.9 Å². The molecule has 2 heterocycles. The van der Waals surface area contributed by atoms with Crippen LogP contribution >= 0.6 is 23.1 Å². The number of aromatic nitrogens is 2. The van der Waals surface area contributed by atoms with Crippen molar-refractivity contribution in [2.45, 2.75) is 9.37 Å². The number of anilines is 1. The summed E-state index contributed by atoms with van der Waals surface area (Å²) in [5.74, 6) is 0.319. The summed E-state index contributed by atoms with van der Waals surface area (Å²) in [5.41, 5.74) is 0.528. The van der Waals surface area contributed by atoms with Crippen molar-refractivity contribution in [3.05, 3.63) is 59.7 Å². The highest BCUT2D eigenvalue weighted by Gasteiger charge is 2.19. The first-order valence-corrected chi connectivity index (χ1v) is 11.4. The molecule has 10 heteroatoms. The lowest BCUT2D eigenvalue weighted by Crippen LogP contribution is -2.27. The molecule has 0 saturated carbocycles. The first-order chi connectivity index (χ1) is 13.0. The number of nitrogens with one attached hydrogen (secondary N) is 2. The number of rotatable bonds is 8. The molecule has 27 heavy (non-hydrogen) atoms. The van der Waals surface area contributed by atoms with Crippen molar-refractivity contribution in [3.8, 4) is 0 Å². The van der Waals surface area contributed by atoms with E-state index in [1.807, 2.05) is 17.8 Å². The number of hydrogen-bond donors (Lipinski definition) is 2. The summed E-state index contributed by atoms with van der Waals surface area (Å²) in [7, 11) is -1.81. The van der Waals surface area contributed by atoms with Gasteiger partial charge in [0.2, 0.25) is 0 Å². The third-order valence-corrected chi connectivity index (χ3v) is 7.39. The van der Waals surface area contributed by atoms with Gasteiger partial charge in [0.25, 0.3) is 15.9 Å². The molecule has 0 aliphatic heterocycles. The lowest BCUT2D eigenvalue weighted by atomic mass is 10.2. The predicted octanol–water partition coefficient (Wildman–Crippen LogP) is 2.80. The smallest absolute Gasteiger partial charge is 0.271 e. The minimum Gasteiger partial charge on any atom is -0.351 e. The fraction of sp³-hybridized carbons (Fsp3) is 0.176. The van der Waals surface area contributed by atoms with Gasteiger partial charge in [-0.25, -0.2) is 13.4 Å². The Hall–Kier alpha value is -2.30. The van der Waals surface area contributed by atoms with E-state index >= 15 is 0 Å². The lowest BCUT2D eigenvalue weighted by Gasteiger charge is -2.12. The van der Waals surface area contributed by atoms with Crippen LogP contribution in [0.4, 0.5) is 5.69 Å². The first-order valence-electron chi connectivity index (χ1n) is 8.01. The standard InChI is InChI=1S/C17H18N4O3S3/c1-21-10-8-19-17(21)26-12-9-18-16(22)13-5-2-3-6-14(13)20-27(23,24)15-7-4-11-25-15/h2-8,10-11,20H,9,12H2,1H3,(H,18,22). The van der Waals surface area contributed by atoms with Crippen LogP contribution in [0.3, 0.4) is 0 Å². The van der Waals surface area contributed by atoms with Gasteiger partial charge in [-0.05, 0) is 23.6 Å². The van der Waals surface area contributed by atoms with Gasteiger partial charge in [0.1, 0.15) is 4.21 Å². The fourth-order valence-corrected chi connectivity index (χ4v) is 5.13. The van der Waals surface area contributed by atoms with Gasteiger partial charge in [-0.3, -0.25) is 9.52 Å². The zero-order valence-corrected chi connectivity index (χ0v) is 16.9. The molecule has 2 N–H and O–H groups in total. The Labute approximate surface area is 165 Å². The Morgan fingerprint density at radius 1 is 1.26 bits per heavy atom. The van der Waals surface area contributed by atoms with Crippen LogP contribution in [-0.2, 0) is 17.1 Å². The molecular formula is C17H18N4O3S3. The van der Waals surface area contributed by atoms with E-state index in [0.717, 1.165) is 16.5 Å². The summed E-state index contributed by atoms with van der Waals surface area (Å²) in [6.45, 7) is 0.433. The van der Waals surface area contributed by atoms with Crippen molar-refractivity contribution in [3.63, 3.8) is 0 Å². The molecular weight excluding hydrogens is 404 g/mol. The third-order valence-electron chi connectivity index (χ3n) is 3.57. The summed E-state index contributed by atoms with van der Waals surface area (Å²) in [6.07, 6.45) is 3.58. The molecule has 1 amide bonds. The van der Waals surface area contributed by atoms with Crippen LogP contribution in [0, 0.1) is 0 Å². The summed E-state index contributed by atoms with van der Waals surface area (Å²) >= 11 is 2.65. The first kappa shape index (κ1) is 19.5. The number of benzene rings is 1. The van der Waals surface area contributed by atoms with Gasteiger partial charge < -0.3 is 9.88 Å². The molecule has 3 aromatic rings. The van der Waals surface area contributed by atoms with E-state index in [0.29, 0.717) is 12.3 Å². The molecule has 0 atom stereocenters. The Bertz CT molecular complexity index is 1010. The summed E-state index contributed by atoms with van der Waals surface area (Å²) in [5, 5.41) is 5.37. The van der Waals surface area contributed by atoms with E-state index < -0.39 is 10.0 Å². The van der Waals surface area contributed by atoms with Crippen molar-refractivity contribution in [2.75, 3.05) is 17.0 Å². The molecule has 7 nitrogen and oxygen atoms in total. The highest BCUT2D eigenvalue weighted by atomic mass is 32.2. The maximum absolute atomic E-state index is 12.5. The van der Waals surface area contributed by atoms with Gasteiger partial charge in [-0.2, -0.15) is 0 Å². The number of amides is 1. The SMILES string of the molecule is Cn1ccnc1SCCNC(=O)c1ccccc1NS(=O)(=O)c1cccs1. The van der Waals surface area contributed by atoms with Gasteiger partial charge in [0.05, 0.1) is 11.3 Å². The average molecular weight is 423 g/mol. The number of nitrogens with zero attached hydrogens (tertiary/aromatic N) is 2. The number of hydrogen-bond acceptors (Lipinski definition) is 6. The normalized spacial score (nSPS) is 11.3. The van der Waals surface area contributed by atoms with Crippen LogP contribution in [-0.4, -0.2) is 36.2 Å². The average Bonchev–Trinajstić information content (AvgIpc) is 3.31. The van der Waals surface area contributed by atoms with Crippen LogP contribution in [0.15, 0.2) is 63.5 Å². The summed E-state index contributed by atoms with van der Waals surface area (Å²) in [6, 6.07) is 9.72. The minimum atomic E-state index is -3.71. The molecule has 2 aromatic heterocycles. The second-order valence-corrected chi connectivity index (χ2v) is 9.43. The highest BCUT2D eigenvalue weighted by molar-refractivity contribution is 7.99. The molecule has 0 saturated heterocycles. The van der Waals surface area contributed by atoms with Gasteiger partial charge >= 0.3 is 0 Å². The van der Waals surface area contributed by atoms with Crippen molar-refractivity contribution in [2.24, 2.45) is 7.05 Å². The molecule has 0 aliphatic carbocycles. The van der Waals surface area contributed by atoms with Crippen LogP contribution in [0.2, 0.25) is 0 Å². The summed E-state index contributed by atoms with van der Waals surface area (Å²) < 4.78 is 29.4. The summed E-state index contributed by atoms with van der Waals surface area (Å²) in [4.78, 5) is 16.7. The number of aryl methyl sites for hydroxylation is 1. The molecule has 0 spiro atoms. The molecule has 0 fully saturated rings. The minimum absolute atomic E-state index is 0.198. The number of sulfonamides is 1. The largest absolute Gasteiger partial charge is 0.351 e. The molecule has 0 radical (unpaired) electrons. The van der Waals surface area contributed by atoms with Crippen LogP contribution in [0.1, 0.15) is 10.4 Å². The predicted molar refractivity (Wildman–Crippen MR) is 108 cm³/mol. The monoisotopic (exact) mass is 422 g/mol. The lowest BCUT2D eigenvalue weighted by molar-refractivity contribution is 0.0957. The van der Waals surface area contributed by atoms with Crippen molar-refractivity contribution in [1.29, 1.82) is 0 Å². The van der Waals surface area contributed by atoms with Crippen LogP contribution < -0.4 is 10.0 Å². The number of para-hydroxylation sites is 1. The number of carbonyl (C=O) groups excluding carboxylic acids is 1. The zero-order chi connectivity index (χ0) is 19.3. The topological polar surface area (TPSA) is 93.1 Å². The van der Waals surface area contributed by atoms with Crippen molar-refractivity contribution < 1.29 is 13.2 Å². The number of imidazole rings is 1. The van der Waals surface area contributed by atoms with Gasteiger partial charge in [0.15, 0.2) is 5.16 Å². The Morgan fingerprint density at radius 3 is 2.78 bits per heavy atom. The number of carbonyl (C=O) groups is 1. The van der Waals surface area contributed by atoms with E-state index in [-0.39, 0.29) is 21.4 Å². The Morgan fingerprint density at radius 2 is 2.07 bits per heavy atom. The fourth-order valence-electron chi connectivity index (χ4n) is 2.27. The highest BCUT2D eigenvalue weighted by Crippen LogP contribution is 2.23.